The maximum atomic E-state index is 13.0. The summed E-state index contributed by atoms with van der Waals surface area (Å²) in [5, 5.41) is 7.28. The molecule has 2 atom stereocenters. The molecular formula is C17H24FN4O+. The largest absolute Gasteiger partial charge is 0.324 e. The van der Waals surface area contributed by atoms with Crippen LogP contribution in [-0.4, -0.2) is 28.8 Å². The Morgan fingerprint density at radius 3 is 2.48 bits per heavy atom. The lowest BCUT2D eigenvalue weighted by Crippen LogP contribution is -3.12. The molecule has 1 unspecified atom stereocenters. The Morgan fingerprint density at radius 1 is 1.35 bits per heavy atom. The topological polar surface area (TPSA) is 51.4 Å². The Balaban J connectivity index is 2.02. The molecule has 23 heavy (non-hydrogen) atoms. The van der Waals surface area contributed by atoms with Crippen molar-refractivity contribution in [2.75, 3.05) is 12.4 Å². The summed E-state index contributed by atoms with van der Waals surface area (Å²) >= 11 is 0. The van der Waals surface area contributed by atoms with E-state index < -0.39 is 0 Å². The molecule has 5 nitrogen and oxygen atoms in total. The van der Waals surface area contributed by atoms with Crippen molar-refractivity contribution in [1.29, 1.82) is 0 Å². The number of likely N-dealkylation sites (N-methyl/N-ethyl adjacent to an activating group) is 1. The van der Waals surface area contributed by atoms with Crippen molar-refractivity contribution in [2.24, 2.45) is 7.05 Å². The van der Waals surface area contributed by atoms with Gasteiger partial charge in [0.25, 0.3) is 5.91 Å². The highest BCUT2D eigenvalue weighted by Gasteiger charge is 2.24. The molecule has 1 amide bonds. The van der Waals surface area contributed by atoms with Gasteiger partial charge in [-0.25, -0.2) is 4.39 Å². The molecule has 0 saturated carbocycles. The lowest BCUT2D eigenvalue weighted by molar-refractivity contribution is -0.907. The highest BCUT2D eigenvalue weighted by molar-refractivity contribution is 5.94. The highest BCUT2D eigenvalue weighted by Crippen LogP contribution is 2.18. The molecule has 1 aromatic carbocycles. The number of aryl methyl sites for hydroxylation is 2. The minimum atomic E-state index is -0.250. The molecule has 0 spiro atoms. The van der Waals surface area contributed by atoms with Crippen molar-refractivity contribution in [3.05, 3.63) is 47.0 Å². The Hall–Kier alpha value is -2.21. The predicted octanol–water partition coefficient (Wildman–Crippen LogP) is 1.22. The number of nitrogens with one attached hydrogen (secondary N) is 2. The van der Waals surface area contributed by atoms with Crippen LogP contribution in [0, 0.1) is 19.7 Å². The molecule has 1 heterocycles. The Bertz CT molecular complexity index is 693. The average Bonchev–Trinajstić information content (AvgIpc) is 2.75. The van der Waals surface area contributed by atoms with Crippen LogP contribution in [0.4, 0.5) is 10.1 Å². The fourth-order valence-corrected chi connectivity index (χ4v) is 2.49. The molecule has 0 aliphatic rings. The Kier molecular flexibility index (Phi) is 5.15. The number of amides is 1. The molecule has 0 fully saturated rings. The van der Waals surface area contributed by atoms with Crippen LogP contribution in [0.5, 0.6) is 0 Å². The fourth-order valence-electron chi connectivity index (χ4n) is 2.49. The Labute approximate surface area is 136 Å². The van der Waals surface area contributed by atoms with Gasteiger partial charge < -0.3 is 10.2 Å². The third-order valence-corrected chi connectivity index (χ3v) is 4.29. The van der Waals surface area contributed by atoms with E-state index in [0.29, 0.717) is 6.54 Å². The van der Waals surface area contributed by atoms with Crippen molar-refractivity contribution >= 4 is 11.6 Å². The second kappa shape index (κ2) is 6.91. The van der Waals surface area contributed by atoms with E-state index in [0.717, 1.165) is 27.5 Å². The second-order valence-electron chi connectivity index (χ2n) is 6.03. The van der Waals surface area contributed by atoms with Gasteiger partial charge in [0.05, 0.1) is 24.1 Å². The van der Waals surface area contributed by atoms with Gasteiger partial charge in [-0.1, -0.05) is 12.1 Å². The third kappa shape index (κ3) is 3.96. The molecule has 0 radical (unpaired) electrons. The van der Waals surface area contributed by atoms with Crippen molar-refractivity contribution < 1.29 is 14.1 Å². The van der Waals surface area contributed by atoms with Crippen LogP contribution in [0.2, 0.25) is 0 Å². The highest BCUT2D eigenvalue weighted by atomic mass is 19.1. The fraction of sp³-hybridized carbons (Fsp3) is 0.412. The monoisotopic (exact) mass is 319 g/mol. The van der Waals surface area contributed by atoms with Gasteiger partial charge in [-0.3, -0.25) is 9.48 Å². The first-order valence-corrected chi connectivity index (χ1v) is 7.67. The first kappa shape index (κ1) is 17.1. The molecular weight excluding hydrogens is 295 g/mol. The van der Waals surface area contributed by atoms with Crippen LogP contribution in [0.15, 0.2) is 24.3 Å². The lowest BCUT2D eigenvalue weighted by atomic mass is 10.2. The molecule has 6 heteroatoms. The summed E-state index contributed by atoms with van der Waals surface area (Å²) < 4.78 is 14.7. The van der Waals surface area contributed by atoms with Crippen molar-refractivity contribution in [3.63, 3.8) is 0 Å². The molecule has 0 bridgehead atoms. The summed E-state index contributed by atoms with van der Waals surface area (Å²) in [6.45, 7) is 6.34. The summed E-state index contributed by atoms with van der Waals surface area (Å²) in [4.78, 5) is 13.5. The van der Waals surface area contributed by atoms with Gasteiger partial charge in [-0.05, 0) is 32.9 Å². The molecule has 2 N–H and O–H groups in total. The summed E-state index contributed by atoms with van der Waals surface area (Å²) in [5.74, 6) is -0.302. The second-order valence-corrected chi connectivity index (χ2v) is 6.03. The predicted molar refractivity (Wildman–Crippen MR) is 87.8 cm³/mol. The number of carbonyl (C=O) groups excluding carboxylic acids is 1. The van der Waals surface area contributed by atoms with Crippen molar-refractivity contribution in [3.8, 4) is 0 Å². The molecule has 2 rings (SSSR count). The van der Waals surface area contributed by atoms with Crippen LogP contribution in [0.25, 0.3) is 0 Å². The lowest BCUT2D eigenvalue weighted by Gasteiger charge is -2.21. The number of anilines is 1. The van der Waals surface area contributed by atoms with Gasteiger partial charge in [-0.2, -0.15) is 5.10 Å². The zero-order valence-corrected chi connectivity index (χ0v) is 14.3. The van der Waals surface area contributed by atoms with E-state index in [2.05, 4.69) is 10.4 Å². The average molecular weight is 319 g/mol. The summed E-state index contributed by atoms with van der Waals surface area (Å²) in [7, 11) is 3.81. The quantitative estimate of drug-likeness (QED) is 0.871. The summed E-state index contributed by atoms with van der Waals surface area (Å²) in [5.41, 5.74) is 3.51. The maximum Gasteiger partial charge on any atom is 0.282 e. The van der Waals surface area contributed by atoms with Crippen LogP contribution in [0.1, 0.15) is 23.9 Å². The third-order valence-electron chi connectivity index (χ3n) is 4.29. The van der Waals surface area contributed by atoms with Gasteiger partial charge in [0, 0.05) is 12.6 Å². The molecule has 0 saturated heterocycles. The number of quaternary nitrogens is 1. The van der Waals surface area contributed by atoms with Crippen molar-refractivity contribution in [2.45, 2.75) is 33.4 Å². The van der Waals surface area contributed by atoms with Gasteiger partial charge in [0.1, 0.15) is 12.4 Å². The van der Waals surface area contributed by atoms with Gasteiger partial charge in [-0.15, -0.1) is 0 Å². The number of halogens is 1. The number of aromatic nitrogens is 2. The van der Waals surface area contributed by atoms with Gasteiger partial charge in [0.15, 0.2) is 6.04 Å². The number of carbonyl (C=O) groups is 1. The summed E-state index contributed by atoms with van der Waals surface area (Å²) in [6.07, 6.45) is 0. The normalized spacial score (nSPS) is 13.7. The number of hydrogen-bond acceptors (Lipinski definition) is 2. The van der Waals surface area contributed by atoms with E-state index in [1.54, 1.807) is 16.8 Å². The number of benzene rings is 1. The molecule has 2 aromatic rings. The zero-order valence-electron chi connectivity index (χ0n) is 14.3. The smallest absolute Gasteiger partial charge is 0.282 e. The minimum Gasteiger partial charge on any atom is -0.324 e. The standard InChI is InChI=1S/C17H23FN4O/c1-11-16(12(2)22(5)20-11)19-17(23)13(3)21(4)10-14-6-8-15(18)9-7-14/h6-9,13H,10H2,1-5H3,(H,19,23)/p+1/t13-/m0/s1. The van der Waals surface area contributed by atoms with Crippen LogP contribution in [-0.2, 0) is 18.4 Å². The van der Waals surface area contributed by atoms with E-state index >= 15 is 0 Å². The van der Waals surface area contributed by atoms with Gasteiger partial charge >= 0.3 is 0 Å². The van der Waals surface area contributed by atoms with Crippen LogP contribution in [0.3, 0.4) is 0 Å². The van der Waals surface area contributed by atoms with Crippen LogP contribution >= 0.6 is 0 Å². The first-order valence-electron chi connectivity index (χ1n) is 7.67. The summed E-state index contributed by atoms with van der Waals surface area (Å²) in [6, 6.07) is 6.14. The zero-order chi connectivity index (χ0) is 17.1. The van der Waals surface area contributed by atoms with Crippen molar-refractivity contribution in [1.82, 2.24) is 9.78 Å². The number of hydrogen-bond donors (Lipinski definition) is 2. The van der Waals surface area contributed by atoms with E-state index in [-0.39, 0.29) is 17.8 Å². The first-order chi connectivity index (χ1) is 10.8. The Morgan fingerprint density at radius 2 is 1.96 bits per heavy atom. The number of nitrogens with zero attached hydrogens (tertiary/aromatic N) is 2. The SMILES string of the molecule is Cc1nn(C)c(C)c1NC(=O)[C@H](C)[NH+](C)Cc1ccc(F)cc1. The minimum absolute atomic E-state index is 0.0520. The molecule has 0 aliphatic carbocycles. The van der Waals surface area contributed by atoms with E-state index in [1.165, 1.54) is 12.1 Å². The molecule has 1 aromatic heterocycles. The maximum absolute atomic E-state index is 13.0. The van der Waals surface area contributed by atoms with E-state index in [4.69, 9.17) is 0 Å². The molecule has 124 valence electrons. The van der Waals surface area contributed by atoms with Gasteiger partial charge in [0.2, 0.25) is 0 Å². The van der Waals surface area contributed by atoms with Crippen LogP contribution < -0.4 is 10.2 Å². The van der Waals surface area contributed by atoms with E-state index in [1.807, 2.05) is 34.9 Å². The van der Waals surface area contributed by atoms with E-state index in [9.17, 15) is 9.18 Å². The molecule has 0 aliphatic heterocycles. The number of rotatable bonds is 5.